The summed E-state index contributed by atoms with van der Waals surface area (Å²) < 4.78 is 19.6. The van der Waals surface area contributed by atoms with Crippen LogP contribution in [0.4, 0.5) is 4.39 Å². The molecule has 0 radical (unpaired) electrons. The topological polar surface area (TPSA) is 35.2 Å². The van der Waals surface area contributed by atoms with E-state index >= 15 is 0 Å². The van der Waals surface area contributed by atoms with Crippen LogP contribution in [-0.4, -0.2) is 0 Å². The number of halogens is 1. The second-order valence-corrected chi connectivity index (χ2v) is 4.81. The van der Waals surface area contributed by atoms with E-state index in [0.29, 0.717) is 11.3 Å². The maximum atomic E-state index is 13.8. The first-order chi connectivity index (χ1) is 8.99. The summed E-state index contributed by atoms with van der Waals surface area (Å²) in [5, 5.41) is 0. The molecule has 0 saturated carbocycles. The average molecular weight is 259 g/mol. The van der Waals surface area contributed by atoms with Crippen LogP contribution in [0.2, 0.25) is 0 Å². The van der Waals surface area contributed by atoms with Gasteiger partial charge in [-0.3, -0.25) is 0 Å². The molecule has 0 bridgehead atoms. The number of nitrogens with two attached hydrogens (primary N) is 1. The normalized spacial score (nSPS) is 12.3. The number of hydrogen-bond acceptors (Lipinski definition) is 2. The molecular formula is C16H18FNO. The van der Waals surface area contributed by atoms with Crippen molar-refractivity contribution in [2.45, 2.75) is 26.8 Å². The summed E-state index contributed by atoms with van der Waals surface area (Å²) >= 11 is 0. The molecule has 2 rings (SSSR count). The van der Waals surface area contributed by atoms with Gasteiger partial charge in [-0.25, -0.2) is 4.39 Å². The Bertz CT molecular complexity index is 593. The minimum atomic E-state index is -0.415. The first kappa shape index (κ1) is 13.6. The number of rotatable bonds is 3. The molecule has 0 aromatic heterocycles. The van der Waals surface area contributed by atoms with Gasteiger partial charge in [-0.15, -0.1) is 0 Å². The first-order valence-electron chi connectivity index (χ1n) is 6.28. The Kier molecular flexibility index (Phi) is 3.86. The predicted octanol–water partition coefficient (Wildman–Crippen LogP) is 4.25. The van der Waals surface area contributed by atoms with E-state index in [-0.39, 0.29) is 5.82 Å². The van der Waals surface area contributed by atoms with Crippen molar-refractivity contribution in [1.82, 2.24) is 0 Å². The van der Waals surface area contributed by atoms with Crippen LogP contribution in [0.15, 0.2) is 36.4 Å². The fourth-order valence-electron chi connectivity index (χ4n) is 2.08. The van der Waals surface area contributed by atoms with Crippen molar-refractivity contribution in [3.05, 3.63) is 58.9 Å². The summed E-state index contributed by atoms with van der Waals surface area (Å²) in [7, 11) is 0. The third-order valence-electron chi connectivity index (χ3n) is 3.02. The molecule has 0 saturated heterocycles. The number of aryl methyl sites for hydroxylation is 2. The van der Waals surface area contributed by atoms with Gasteiger partial charge < -0.3 is 10.5 Å². The number of benzene rings is 2. The van der Waals surface area contributed by atoms with Crippen LogP contribution in [0, 0.1) is 19.7 Å². The van der Waals surface area contributed by atoms with Crippen LogP contribution in [0.1, 0.15) is 29.7 Å². The van der Waals surface area contributed by atoms with Gasteiger partial charge in [0, 0.05) is 11.6 Å². The van der Waals surface area contributed by atoms with Gasteiger partial charge in [0.05, 0.1) is 0 Å². The zero-order chi connectivity index (χ0) is 14.0. The highest BCUT2D eigenvalue weighted by Crippen LogP contribution is 2.32. The van der Waals surface area contributed by atoms with E-state index in [9.17, 15) is 4.39 Å². The van der Waals surface area contributed by atoms with Crippen LogP contribution >= 0.6 is 0 Å². The van der Waals surface area contributed by atoms with E-state index in [1.165, 1.54) is 6.07 Å². The summed E-state index contributed by atoms with van der Waals surface area (Å²) in [6, 6.07) is 10.2. The summed E-state index contributed by atoms with van der Waals surface area (Å²) in [5.74, 6) is 0.859. The minimum Gasteiger partial charge on any atom is -0.457 e. The highest BCUT2D eigenvalue weighted by molar-refractivity contribution is 5.43. The van der Waals surface area contributed by atoms with E-state index in [1.807, 2.05) is 32.0 Å². The molecule has 2 nitrogen and oxygen atoms in total. The smallest absolute Gasteiger partial charge is 0.135 e. The van der Waals surface area contributed by atoms with Gasteiger partial charge >= 0.3 is 0 Å². The van der Waals surface area contributed by atoms with E-state index in [1.54, 1.807) is 19.1 Å². The summed E-state index contributed by atoms with van der Waals surface area (Å²) in [5.41, 5.74) is 8.39. The Morgan fingerprint density at radius 2 is 1.84 bits per heavy atom. The molecule has 0 spiro atoms. The standard InChI is InChI=1S/C16H18FNO/c1-10-7-8-14(11(2)9-10)19-15-6-4-5-13(17)16(15)12(3)18/h4-9,12H,18H2,1-3H3/t12-/m1/s1. The Hall–Kier alpha value is -1.87. The second kappa shape index (κ2) is 5.41. The maximum absolute atomic E-state index is 13.8. The molecule has 0 aliphatic rings. The van der Waals surface area contributed by atoms with Crippen molar-refractivity contribution in [1.29, 1.82) is 0 Å². The van der Waals surface area contributed by atoms with Gasteiger partial charge in [-0.2, -0.15) is 0 Å². The zero-order valence-corrected chi connectivity index (χ0v) is 11.4. The molecule has 100 valence electrons. The lowest BCUT2D eigenvalue weighted by Gasteiger charge is -2.16. The predicted molar refractivity (Wildman–Crippen MR) is 75.0 cm³/mol. The third-order valence-corrected chi connectivity index (χ3v) is 3.02. The molecular weight excluding hydrogens is 241 g/mol. The molecule has 0 amide bonds. The quantitative estimate of drug-likeness (QED) is 0.894. The Morgan fingerprint density at radius 1 is 1.11 bits per heavy atom. The van der Waals surface area contributed by atoms with Crippen molar-refractivity contribution in [2.75, 3.05) is 0 Å². The fourth-order valence-corrected chi connectivity index (χ4v) is 2.08. The lowest BCUT2D eigenvalue weighted by atomic mass is 10.1. The molecule has 1 atom stereocenters. The zero-order valence-electron chi connectivity index (χ0n) is 11.4. The number of ether oxygens (including phenoxy) is 1. The van der Waals surface area contributed by atoms with Crippen molar-refractivity contribution in [3.8, 4) is 11.5 Å². The van der Waals surface area contributed by atoms with Gasteiger partial charge in [0.2, 0.25) is 0 Å². The van der Waals surface area contributed by atoms with Gasteiger partial charge in [-0.1, -0.05) is 23.8 Å². The molecule has 0 fully saturated rings. The van der Waals surface area contributed by atoms with E-state index < -0.39 is 6.04 Å². The molecule has 2 aromatic rings. The van der Waals surface area contributed by atoms with Gasteiger partial charge in [0.25, 0.3) is 0 Å². The highest BCUT2D eigenvalue weighted by atomic mass is 19.1. The van der Waals surface area contributed by atoms with Gasteiger partial charge in [0.1, 0.15) is 17.3 Å². The second-order valence-electron chi connectivity index (χ2n) is 4.81. The summed E-state index contributed by atoms with van der Waals surface area (Å²) in [6.07, 6.45) is 0. The third kappa shape index (κ3) is 2.93. The monoisotopic (exact) mass is 259 g/mol. The van der Waals surface area contributed by atoms with Crippen molar-refractivity contribution < 1.29 is 9.13 Å². The number of hydrogen-bond donors (Lipinski definition) is 1. The van der Waals surface area contributed by atoms with Gasteiger partial charge in [-0.05, 0) is 44.5 Å². The molecule has 0 heterocycles. The lowest BCUT2D eigenvalue weighted by Crippen LogP contribution is -2.09. The molecule has 0 unspecified atom stereocenters. The van der Waals surface area contributed by atoms with Crippen LogP contribution in [-0.2, 0) is 0 Å². The van der Waals surface area contributed by atoms with Crippen LogP contribution in [0.5, 0.6) is 11.5 Å². The van der Waals surface area contributed by atoms with E-state index in [0.717, 1.165) is 16.9 Å². The molecule has 2 N–H and O–H groups in total. The summed E-state index contributed by atoms with van der Waals surface area (Å²) in [4.78, 5) is 0. The highest BCUT2D eigenvalue weighted by Gasteiger charge is 2.14. The largest absolute Gasteiger partial charge is 0.457 e. The van der Waals surface area contributed by atoms with Gasteiger partial charge in [0.15, 0.2) is 0 Å². The van der Waals surface area contributed by atoms with Crippen molar-refractivity contribution >= 4 is 0 Å². The van der Waals surface area contributed by atoms with Crippen molar-refractivity contribution in [2.24, 2.45) is 5.73 Å². The minimum absolute atomic E-state index is 0.336. The molecule has 0 aliphatic carbocycles. The van der Waals surface area contributed by atoms with Crippen LogP contribution in [0.3, 0.4) is 0 Å². The van der Waals surface area contributed by atoms with Crippen LogP contribution < -0.4 is 10.5 Å². The van der Waals surface area contributed by atoms with Crippen molar-refractivity contribution in [3.63, 3.8) is 0 Å². The van der Waals surface area contributed by atoms with E-state index in [2.05, 4.69) is 0 Å². The average Bonchev–Trinajstić information content (AvgIpc) is 2.32. The molecule has 0 aliphatic heterocycles. The molecule has 3 heteroatoms. The van der Waals surface area contributed by atoms with E-state index in [4.69, 9.17) is 10.5 Å². The Morgan fingerprint density at radius 3 is 2.47 bits per heavy atom. The molecule has 2 aromatic carbocycles. The maximum Gasteiger partial charge on any atom is 0.135 e. The fraction of sp³-hybridized carbons (Fsp3) is 0.250. The Balaban J connectivity index is 2.41. The van der Waals surface area contributed by atoms with Crippen LogP contribution in [0.25, 0.3) is 0 Å². The lowest BCUT2D eigenvalue weighted by molar-refractivity contribution is 0.457. The Labute approximate surface area is 113 Å². The summed E-state index contributed by atoms with van der Waals surface area (Å²) in [6.45, 7) is 5.73. The first-order valence-corrected chi connectivity index (χ1v) is 6.28. The molecule has 19 heavy (non-hydrogen) atoms. The SMILES string of the molecule is Cc1ccc(Oc2cccc(F)c2[C@@H](C)N)c(C)c1.